The van der Waals surface area contributed by atoms with Crippen LogP contribution in [0, 0.1) is 0 Å². The van der Waals surface area contributed by atoms with Gasteiger partial charge in [0.05, 0.1) is 23.0 Å². The summed E-state index contributed by atoms with van der Waals surface area (Å²) in [5.74, 6) is 1.44. The van der Waals surface area contributed by atoms with E-state index >= 15 is 0 Å². The summed E-state index contributed by atoms with van der Waals surface area (Å²) in [4.78, 5) is 21.9. The third-order valence-electron chi connectivity index (χ3n) is 4.41. The van der Waals surface area contributed by atoms with Crippen molar-refractivity contribution in [3.8, 4) is 0 Å². The lowest BCUT2D eigenvalue weighted by Gasteiger charge is -2.18. The Hall–Kier alpha value is -1.93. The van der Waals surface area contributed by atoms with Gasteiger partial charge in [-0.05, 0) is 54.8 Å². The number of carbonyl (C=O) groups is 1. The molecule has 0 unspecified atom stereocenters. The molecule has 0 atom stereocenters. The summed E-state index contributed by atoms with van der Waals surface area (Å²) in [7, 11) is 0. The van der Waals surface area contributed by atoms with E-state index in [1.165, 1.54) is 11.3 Å². The maximum atomic E-state index is 13.2. The Bertz CT molecular complexity index is 1130. The lowest BCUT2D eigenvalue weighted by molar-refractivity contribution is -0.118. The van der Waals surface area contributed by atoms with Crippen LogP contribution in [-0.2, 0) is 11.3 Å². The Morgan fingerprint density at radius 3 is 2.73 bits per heavy atom. The van der Waals surface area contributed by atoms with E-state index in [1.54, 1.807) is 34.7 Å². The van der Waals surface area contributed by atoms with Crippen molar-refractivity contribution >= 4 is 67.7 Å². The zero-order valence-electron chi connectivity index (χ0n) is 16.2. The minimum Gasteiger partial charge on any atom is -0.467 e. The van der Waals surface area contributed by atoms with E-state index in [4.69, 9.17) is 21.0 Å². The summed E-state index contributed by atoms with van der Waals surface area (Å²) < 4.78 is 6.57. The van der Waals surface area contributed by atoms with Crippen LogP contribution in [0.4, 0.5) is 5.13 Å². The van der Waals surface area contributed by atoms with E-state index in [9.17, 15) is 4.79 Å². The summed E-state index contributed by atoms with van der Waals surface area (Å²) in [5.41, 5.74) is 0.942. The van der Waals surface area contributed by atoms with Gasteiger partial charge in [0.2, 0.25) is 5.91 Å². The van der Waals surface area contributed by atoms with Crippen molar-refractivity contribution < 1.29 is 9.21 Å². The highest BCUT2D eigenvalue weighted by molar-refractivity contribution is 7.99. The Morgan fingerprint density at radius 1 is 1.17 bits per heavy atom. The first-order valence-electron chi connectivity index (χ1n) is 9.28. The normalized spacial score (nSPS) is 11.1. The molecule has 0 radical (unpaired) electrons. The predicted octanol–water partition coefficient (Wildman–Crippen LogP) is 6.98. The fourth-order valence-corrected chi connectivity index (χ4v) is 5.54. The van der Waals surface area contributed by atoms with Gasteiger partial charge >= 0.3 is 0 Å². The molecule has 0 fully saturated rings. The Balaban J connectivity index is 1.53. The van der Waals surface area contributed by atoms with Gasteiger partial charge in [-0.25, -0.2) is 4.98 Å². The van der Waals surface area contributed by atoms with E-state index in [-0.39, 0.29) is 5.91 Å². The zero-order chi connectivity index (χ0) is 20.9. The summed E-state index contributed by atoms with van der Waals surface area (Å²) in [6, 6.07) is 17.5. The van der Waals surface area contributed by atoms with Gasteiger partial charge in [0.15, 0.2) is 5.13 Å². The highest BCUT2D eigenvalue weighted by atomic mass is 35.5. The predicted molar refractivity (Wildman–Crippen MR) is 128 cm³/mol. The number of furan rings is 1. The third-order valence-corrected chi connectivity index (χ3v) is 7.49. The minimum absolute atomic E-state index is 0.0256. The molecule has 2 aromatic heterocycles. The first kappa shape index (κ1) is 21.3. The number of hydrogen-bond donors (Lipinski definition) is 0. The molecule has 1 amide bonds. The molecule has 0 saturated heterocycles. The molecule has 0 aliphatic heterocycles. The monoisotopic (exact) mass is 474 g/mol. The molecule has 2 heterocycles. The number of rotatable bonds is 8. The van der Waals surface area contributed by atoms with Crippen molar-refractivity contribution in [1.29, 1.82) is 0 Å². The van der Waals surface area contributed by atoms with Crippen LogP contribution in [0.25, 0.3) is 10.2 Å². The molecule has 0 aliphatic rings. The van der Waals surface area contributed by atoms with Gasteiger partial charge in [0.1, 0.15) is 5.76 Å². The molecule has 0 saturated carbocycles. The van der Waals surface area contributed by atoms with Gasteiger partial charge in [-0.3, -0.25) is 9.69 Å². The van der Waals surface area contributed by atoms with Gasteiger partial charge in [-0.15, -0.1) is 23.5 Å². The SMILES string of the molecule is CSc1cccc2sc(N(Cc3ccco3)C(=O)CCSc3ccc(Cl)cc3)nc12. The van der Waals surface area contributed by atoms with Crippen molar-refractivity contribution in [3.05, 3.63) is 71.6 Å². The molecule has 0 spiro atoms. The topological polar surface area (TPSA) is 46.3 Å². The number of benzene rings is 2. The number of halogens is 1. The highest BCUT2D eigenvalue weighted by Gasteiger charge is 2.22. The fourth-order valence-electron chi connectivity index (χ4n) is 2.93. The first-order chi connectivity index (χ1) is 14.6. The van der Waals surface area contributed by atoms with Crippen LogP contribution in [0.2, 0.25) is 5.02 Å². The number of aromatic nitrogens is 1. The highest BCUT2D eigenvalue weighted by Crippen LogP contribution is 2.35. The fraction of sp³-hybridized carbons (Fsp3) is 0.182. The van der Waals surface area contributed by atoms with E-state index in [1.807, 2.05) is 54.8 Å². The quantitative estimate of drug-likeness (QED) is 0.258. The van der Waals surface area contributed by atoms with Crippen LogP contribution in [-0.4, -0.2) is 22.9 Å². The van der Waals surface area contributed by atoms with Crippen LogP contribution >= 0.6 is 46.5 Å². The lowest BCUT2D eigenvalue weighted by Crippen LogP contribution is -2.30. The van der Waals surface area contributed by atoms with Gasteiger partial charge in [-0.1, -0.05) is 29.0 Å². The molecule has 8 heteroatoms. The lowest BCUT2D eigenvalue weighted by atomic mass is 10.3. The maximum Gasteiger partial charge on any atom is 0.230 e. The largest absolute Gasteiger partial charge is 0.467 e. The van der Waals surface area contributed by atoms with Crippen molar-refractivity contribution in [2.75, 3.05) is 16.9 Å². The molecule has 154 valence electrons. The number of thiazole rings is 1. The Morgan fingerprint density at radius 2 is 2.00 bits per heavy atom. The van der Waals surface area contributed by atoms with Crippen LogP contribution in [0.1, 0.15) is 12.2 Å². The second-order valence-electron chi connectivity index (χ2n) is 6.42. The number of fused-ring (bicyclic) bond motifs is 1. The molecular formula is C22H19ClN2O2S3. The van der Waals surface area contributed by atoms with Crippen LogP contribution in [0.15, 0.2) is 75.1 Å². The molecule has 2 aromatic carbocycles. The third kappa shape index (κ3) is 5.03. The van der Waals surface area contributed by atoms with Crippen molar-refractivity contribution in [3.63, 3.8) is 0 Å². The molecular weight excluding hydrogens is 456 g/mol. The van der Waals surface area contributed by atoms with Gasteiger partial charge in [0, 0.05) is 27.0 Å². The van der Waals surface area contributed by atoms with E-state index < -0.39 is 0 Å². The molecule has 0 N–H and O–H groups in total. The van der Waals surface area contributed by atoms with Crippen LogP contribution < -0.4 is 4.90 Å². The van der Waals surface area contributed by atoms with Crippen molar-refractivity contribution in [1.82, 2.24) is 4.98 Å². The van der Waals surface area contributed by atoms with Gasteiger partial charge in [-0.2, -0.15) is 0 Å². The molecule has 0 aliphatic carbocycles. The average Bonchev–Trinajstić information content (AvgIpc) is 3.42. The number of thioether (sulfide) groups is 2. The van der Waals surface area contributed by atoms with E-state index in [0.29, 0.717) is 28.9 Å². The standard InChI is InChI=1S/C22H19ClN2O2S3/c1-28-18-5-2-6-19-21(18)24-22(30-19)25(14-16-4-3-12-27-16)20(26)11-13-29-17-9-7-15(23)8-10-17/h2-10,12H,11,13-14H2,1H3. The number of nitrogens with zero attached hydrogens (tertiary/aromatic N) is 2. The number of carbonyl (C=O) groups excluding carboxylic acids is 1. The summed E-state index contributed by atoms with van der Waals surface area (Å²) >= 11 is 10.8. The molecule has 4 aromatic rings. The molecule has 0 bridgehead atoms. The van der Waals surface area contributed by atoms with Gasteiger partial charge in [0.25, 0.3) is 0 Å². The van der Waals surface area contributed by atoms with E-state index in [2.05, 4.69) is 6.07 Å². The number of anilines is 1. The Kier molecular flexibility index (Phi) is 7.04. The number of para-hydroxylation sites is 1. The second-order valence-corrected chi connectivity index (χ2v) is 9.88. The summed E-state index contributed by atoms with van der Waals surface area (Å²) in [5, 5.41) is 1.41. The minimum atomic E-state index is 0.0256. The van der Waals surface area contributed by atoms with Crippen LogP contribution in [0.5, 0.6) is 0 Å². The first-order valence-corrected chi connectivity index (χ1v) is 12.7. The van der Waals surface area contributed by atoms with Gasteiger partial charge < -0.3 is 4.42 Å². The number of amides is 1. The molecule has 4 nitrogen and oxygen atoms in total. The smallest absolute Gasteiger partial charge is 0.230 e. The van der Waals surface area contributed by atoms with Crippen LogP contribution in [0.3, 0.4) is 0 Å². The Labute approximate surface area is 192 Å². The number of hydrogen-bond acceptors (Lipinski definition) is 6. The summed E-state index contributed by atoms with van der Waals surface area (Å²) in [6.45, 7) is 0.367. The maximum absolute atomic E-state index is 13.2. The average molecular weight is 475 g/mol. The van der Waals surface area contributed by atoms with Crippen molar-refractivity contribution in [2.45, 2.75) is 22.8 Å². The second kappa shape index (κ2) is 9.92. The van der Waals surface area contributed by atoms with Crippen molar-refractivity contribution in [2.24, 2.45) is 0 Å². The summed E-state index contributed by atoms with van der Waals surface area (Å²) in [6.07, 6.45) is 4.06. The van der Waals surface area contributed by atoms with E-state index in [0.717, 1.165) is 25.8 Å². The molecule has 30 heavy (non-hydrogen) atoms. The zero-order valence-corrected chi connectivity index (χ0v) is 19.4. The molecule has 4 rings (SSSR count).